The van der Waals surface area contributed by atoms with Crippen LogP contribution in [-0.4, -0.2) is 44.6 Å². The molecule has 0 aliphatic carbocycles. The number of rotatable bonds is 8. The fraction of sp³-hybridized carbons (Fsp3) is 0.458. The van der Waals surface area contributed by atoms with Gasteiger partial charge in [-0.1, -0.05) is 36.4 Å². The van der Waals surface area contributed by atoms with Crippen molar-refractivity contribution in [3.8, 4) is 0 Å². The minimum absolute atomic E-state index is 0.323. The highest BCUT2D eigenvalue weighted by Crippen LogP contribution is 2.26. The van der Waals surface area contributed by atoms with E-state index >= 15 is 0 Å². The highest BCUT2D eigenvalue weighted by molar-refractivity contribution is 7.92. The van der Waals surface area contributed by atoms with Crippen LogP contribution in [0.3, 0.4) is 0 Å². The van der Waals surface area contributed by atoms with Crippen LogP contribution in [0.1, 0.15) is 42.0 Å². The van der Waals surface area contributed by atoms with Gasteiger partial charge >= 0.3 is 0 Å². The molecule has 1 atom stereocenters. The molecule has 1 aliphatic heterocycles. The standard InChI is InChI=1S/C24H33N3O3S/c1-18-10-11-19(2)23(14-18)27(31(4,29)30)20(3)24(28)25-16-21-8-7-9-22(15-21)17-26-12-5-6-13-26/h7-11,14-15,20H,5-6,12-13,16-17H2,1-4H3,(H,25,28)/t20-/m1/s1. The predicted octanol–water partition coefficient (Wildman–Crippen LogP) is 3.37. The number of nitrogens with one attached hydrogen (secondary N) is 1. The molecule has 0 spiro atoms. The molecule has 168 valence electrons. The molecule has 2 aromatic carbocycles. The molecule has 31 heavy (non-hydrogen) atoms. The van der Waals surface area contributed by atoms with Gasteiger partial charge in [-0.2, -0.15) is 0 Å². The summed E-state index contributed by atoms with van der Waals surface area (Å²) in [5.41, 5.74) is 4.53. The Morgan fingerprint density at radius 2 is 1.77 bits per heavy atom. The Kier molecular flexibility index (Phi) is 7.38. The molecule has 3 rings (SSSR count). The number of likely N-dealkylation sites (tertiary alicyclic amines) is 1. The van der Waals surface area contributed by atoms with E-state index in [0.717, 1.165) is 42.6 Å². The molecule has 0 bridgehead atoms. The largest absolute Gasteiger partial charge is 0.350 e. The SMILES string of the molecule is Cc1ccc(C)c(N([C@H](C)C(=O)NCc2cccc(CN3CCCC3)c2)S(C)(=O)=O)c1. The maximum Gasteiger partial charge on any atom is 0.243 e. The van der Waals surface area contributed by atoms with Gasteiger partial charge in [0.1, 0.15) is 6.04 Å². The lowest BCUT2D eigenvalue weighted by atomic mass is 10.1. The van der Waals surface area contributed by atoms with Crippen LogP contribution in [0.5, 0.6) is 0 Å². The van der Waals surface area contributed by atoms with Crippen LogP contribution >= 0.6 is 0 Å². The molecule has 1 amide bonds. The van der Waals surface area contributed by atoms with E-state index in [1.807, 2.05) is 44.2 Å². The number of hydrogen-bond acceptors (Lipinski definition) is 4. The van der Waals surface area contributed by atoms with E-state index in [-0.39, 0.29) is 5.91 Å². The second-order valence-corrected chi connectivity index (χ2v) is 10.4. The number of hydrogen-bond donors (Lipinski definition) is 1. The third-order valence-corrected chi connectivity index (χ3v) is 6.98. The molecule has 0 radical (unpaired) electrons. The van der Waals surface area contributed by atoms with E-state index in [2.05, 4.69) is 22.3 Å². The fourth-order valence-corrected chi connectivity index (χ4v) is 5.34. The van der Waals surface area contributed by atoms with Crippen molar-refractivity contribution in [3.63, 3.8) is 0 Å². The van der Waals surface area contributed by atoms with Gasteiger partial charge in [-0.15, -0.1) is 0 Å². The van der Waals surface area contributed by atoms with Crippen LogP contribution in [0.2, 0.25) is 0 Å². The lowest BCUT2D eigenvalue weighted by Gasteiger charge is -2.29. The van der Waals surface area contributed by atoms with E-state index < -0.39 is 16.1 Å². The zero-order valence-electron chi connectivity index (χ0n) is 18.9. The van der Waals surface area contributed by atoms with Gasteiger partial charge in [0.05, 0.1) is 11.9 Å². The first-order valence-corrected chi connectivity index (χ1v) is 12.6. The Morgan fingerprint density at radius 3 is 2.45 bits per heavy atom. The van der Waals surface area contributed by atoms with Crippen LogP contribution in [0.4, 0.5) is 5.69 Å². The zero-order valence-corrected chi connectivity index (χ0v) is 19.7. The van der Waals surface area contributed by atoms with Gasteiger partial charge in [0.15, 0.2) is 0 Å². The predicted molar refractivity (Wildman–Crippen MR) is 126 cm³/mol. The Morgan fingerprint density at radius 1 is 1.10 bits per heavy atom. The molecule has 1 heterocycles. The van der Waals surface area contributed by atoms with Gasteiger partial charge in [-0.25, -0.2) is 8.42 Å². The Labute approximate surface area is 186 Å². The number of amides is 1. The normalized spacial score (nSPS) is 15.6. The summed E-state index contributed by atoms with van der Waals surface area (Å²) in [7, 11) is -3.64. The third kappa shape index (κ3) is 6.08. The smallest absolute Gasteiger partial charge is 0.243 e. The number of sulfonamides is 1. The van der Waals surface area contributed by atoms with Crippen LogP contribution in [0, 0.1) is 13.8 Å². The molecule has 0 saturated carbocycles. The van der Waals surface area contributed by atoms with Gasteiger partial charge in [0.2, 0.25) is 15.9 Å². The molecule has 0 unspecified atom stereocenters. The van der Waals surface area contributed by atoms with Gasteiger partial charge in [0, 0.05) is 13.1 Å². The van der Waals surface area contributed by atoms with E-state index in [9.17, 15) is 13.2 Å². The zero-order chi connectivity index (χ0) is 22.6. The summed E-state index contributed by atoms with van der Waals surface area (Å²) in [6.07, 6.45) is 3.65. The van der Waals surface area contributed by atoms with Crippen molar-refractivity contribution in [1.29, 1.82) is 0 Å². The number of nitrogens with zero attached hydrogens (tertiary/aromatic N) is 2. The Bertz CT molecular complexity index is 1030. The highest BCUT2D eigenvalue weighted by Gasteiger charge is 2.30. The number of carbonyl (C=O) groups is 1. The van der Waals surface area contributed by atoms with Crippen LogP contribution in [0.25, 0.3) is 0 Å². The van der Waals surface area contributed by atoms with Gasteiger partial charge < -0.3 is 5.32 Å². The minimum atomic E-state index is -3.64. The second kappa shape index (κ2) is 9.83. The Balaban J connectivity index is 1.70. The first kappa shape index (κ1) is 23.3. The highest BCUT2D eigenvalue weighted by atomic mass is 32.2. The lowest BCUT2D eigenvalue weighted by Crippen LogP contribution is -2.48. The fourth-order valence-electron chi connectivity index (χ4n) is 4.11. The number of anilines is 1. The van der Waals surface area contributed by atoms with Crippen molar-refractivity contribution in [2.24, 2.45) is 0 Å². The molecule has 1 N–H and O–H groups in total. The quantitative estimate of drug-likeness (QED) is 0.679. The van der Waals surface area contributed by atoms with Crippen molar-refractivity contribution >= 4 is 21.6 Å². The lowest BCUT2D eigenvalue weighted by molar-refractivity contribution is -0.122. The van der Waals surface area contributed by atoms with Crippen molar-refractivity contribution in [1.82, 2.24) is 10.2 Å². The van der Waals surface area contributed by atoms with E-state index in [1.165, 1.54) is 22.7 Å². The van der Waals surface area contributed by atoms with Crippen molar-refractivity contribution in [2.45, 2.75) is 52.7 Å². The molecule has 0 aromatic heterocycles. The van der Waals surface area contributed by atoms with Crippen LogP contribution in [-0.2, 0) is 27.9 Å². The maximum atomic E-state index is 12.9. The second-order valence-electron chi connectivity index (χ2n) is 8.55. The average Bonchev–Trinajstić information content (AvgIpc) is 3.21. The van der Waals surface area contributed by atoms with Crippen molar-refractivity contribution in [2.75, 3.05) is 23.7 Å². The average molecular weight is 444 g/mol. The minimum Gasteiger partial charge on any atom is -0.350 e. The molecule has 2 aromatic rings. The number of benzene rings is 2. The third-order valence-electron chi connectivity index (χ3n) is 5.75. The summed E-state index contributed by atoms with van der Waals surface area (Å²) in [6.45, 7) is 8.94. The number of aryl methyl sites for hydroxylation is 2. The summed E-state index contributed by atoms with van der Waals surface area (Å²) in [5.74, 6) is -0.323. The molecular formula is C24H33N3O3S. The Hall–Kier alpha value is -2.38. The maximum absolute atomic E-state index is 12.9. The van der Waals surface area contributed by atoms with Crippen LogP contribution in [0.15, 0.2) is 42.5 Å². The van der Waals surface area contributed by atoms with E-state index in [1.54, 1.807) is 6.92 Å². The van der Waals surface area contributed by atoms with Gasteiger partial charge in [-0.3, -0.25) is 14.0 Å². The number of carbonyl (C=O) groups excluding carboxylic acids is 1. The van der Waals surface area contributed by atoms with Crippen molar-refractivity contribution < 1.29 is 13.2 Å². The summed E-state index contributed by atoms with van der Waals surface area (Å²) in [5, 5.41) is 2.92. The van der Waals surface area contributed by atoms with E-state index in [0.29, 0.717) is 12.2 Å². The first-order chi connectivity index (χ1) is 14.6. The van der Waals surface area contributed by atoms with Crippen molar-refractivity contribution in [3.05, 3.63) is 64.7 Å². The molecule has 1 aliphatic rings. The summed E-state index contributed by atoms with van der Waals surface area (Å²) in [6, 6.07) is 13.0. The summed E-state index contributed by atoms with van der Waals surface area (Å²) >= 11 is 0. The summed E-state index contributed by atoms with van der Waals surface area (Å²) in [4.78, 5) is 15.4. The molecular weight excluding hydrogens is 410 g/mol. The van der Waals surface area contributed by atoms with Crippen LogP contribution < -0.4 is 9.62 Å². The first-order valence-electron chi connectivity index (χ1n) is 10.8. The topological polar surface area (TPSA) is 69.7 Å². The van der Waals surface area contributed by atoms with Gasteiger partial charge in [-0.05, 0) is 75.0 Å². The summed E-state index contributed by atoms with van der Waals surface area (Å²) < 4.78 is 26.3. The monoisotopic (exact) mass is 443 g/mol. The molecule has 6 nitrogen and oxygen atoms in total. The molecule has 7 heteroatoms. The van der Waals surface area contributed by atoms with E-state index in [4.69, 9.17) is 0 Å². The molecule has 1 saturated heterocycles. The molecule has 1 fully saturated rings. The van der Waals surface area contributed by atoms with Gasteiger partial charge in [0.25, 0.3) is 0 Å².